The highest BCUT2D eigenvalue weighted by atomic mass is 35.5. The highest BCUT2D eigenvalue weighted by Crippen LogP contribution is 2.28. The molecule has 0 saturated heterocycles. The molecule has 2 aromatic rings. The van der Waals surface area contributed by atoms with Crippen LogP contribution in [0.3, 0.4) is 0 Å². The molecule has 1 aromatic carbocycles. The lowest BCUT2D eigenvalue weighted by molar-refractivity contribution is -0.384. The van der Waals surface area contributed by atoms with Crippen molar-refractivity contribution in [3.8, 4) is 0 Å². The van der Waals surface area contributed by atoms with Crippen LogP contribution < -0.4 is 4.72 Å². The predicted molar refractivity (Wildman–Crippen MR) is 77.9 cm³/mol. The number of hydrogen-bond acceptors (Lipinski definition) is 5. The third kappa shape index (κ3) is 3.29. The normalized spacial score (nSPS) is 11.1. The van der Waals surface area contributed by atoms with E-state index in [1.807, 2.05) is 0 Å². The molecule has 9 heteroatoms. The maximum atomic E-state index is 12.2. The summed E-state index contributed by atoms with van der Waals surface area (Å²) in [5.74, 6) is 0.162. The van der Waals surface area contributed by atoms with Crippen LogP contribution in [0.4, 0.5) is 11.5 Å². The third-order valence-electron chi connectivity index (χ3n) is 2.67. The van der Waals surface area contributed by atoms with Crippen LogP contribution >= 0.6 is 11.6 Å². The van der Waals surface area contributed by atoms with Crippen LogP contribution in [0.25, 0.3) is 0 Å². The van der Waals surface area contributed by atoms with Gasteiger partial charge in [-0.1, -0.05) is 17.7 Å². The summed E-state index contributed by atoms with van der Waals surface area (Å²) in [6, 6.07) is 6.62. The first-order chi connectivity index (χ1) is 9.81. The average Bonchev–Trinajstić information content (AvgIpc) is 2.41. The van der Waals surface area contributed by atoms with Crippen LogP contribution in [0, 0.1) is 17.0 Å². The number of rotatable bonds is 4. The first-order valence-electron chi connectivity index (χ1n) is 5.69. The van der Waals surface area contributed by atoms with E-state index < -0.39 is 20.6 Å². The lowest BCUT2D eigenvalue weighted by atomic mass is 10.3. The molecule has 0 unspecified atom stereocenters. The summed E-state index contributed by atoms with van der Waals surface area (Å²) < 4.78 is 26.7. The van der Waals surface area contributed by atoms with Crippen LogP contribution in [0.2, 0.25) is 5.02 Å². The van der Waals surface area contributed by atoms with E-state index in [1.165, 1.54) is 18.3 Å². The van der Waals surface area contributed by atoms with E-state index in [4.69, 9.17) is 11.6 Å². The van der Waals surface area contributed by atoms with E-state index in [1.54, 1.807) is 19.1 Å². The van der Waals surface area contributed by atoms with Gasteiger partial charge in [0.05, 0.1) is 9.82 Å². The molecule has 21 heavy (non-hydrogen) atoms. The van der Waals surface area contributed by atoms with E-state index >= 15 is 0 Å². The smallest absolute Gasteiger partial charge is 0.263 e. The van der Waals surface area contributed by atoms with Gasteiger partial charge in [-0.25, -0.2) is 13.4 Å². The van der Waals surface area contributed by atoms with Crippen molar-refractivity contribution in [1.29, 1.82) is 0 Å². The number of nitro groups is 1. The molecule has 0 radical (unpaired) electrons. The number of aryl methyl sites for hydroxylation is 1. The van der Waals surface area contributed by atoms with Crippen LogP contribution in [-0.4, -0.2) is 18.3 Å². The van der Waals surface area contributed by atoms with Crippen molar-refractivity contribution in [3.05, 3.63) is 57.2 Å². The minimum absolute atomic E-state index is 0.132. The molecule has 1 aromatic heterocycles. The molecule has 0 amide bonds. The Hall–Kier alpha value is -2.19. The molecule has 2 rings (SSSR count). The Balaban J connectivity index is 2.43. The lowest BCUT2D eigenvalue weighted by Gasteiger charge is -2.09. The van der Waals surface area contributed by atoms with Gasteiger partial charge < -0.3 is 0 Å². The molecule has 1 heterocycles. The van der Waals surface area contributed by atoms with Crippen LogP contribution in [0.5, 0.6) is 0 Å². The van der Waals surface area contributed by atoms with Crippen LogP contribution in [0.15, 0.2) is 41.4 Å². The molecule has 0 bridgehead atoms. The minimum atomic E-state index is -3.98. The predicted octanol–water partition coefficient (Wildman–Crippen LogP) is 2.75. The number of anilines is 1. The quantitative estimate of drug-likeness (QED) is 0.687. The molecule has 0 atom stereocenters. The molecule has 0 fully saturated rings. The summed E-state index contributed by atoms with van der Waals surface area (Å²) >= 11 is 5.66. The van der Waals surface area contributed by atoms with Crippen molar-refractivity contribution in [1.82, 2.24) is 4.98 Å². The second kappa shape index (κ2) is 5.66. The van der Waals surface area contributed by atoms with Crippen LogP contribution in [0.1, 0.15) is 5.56 Å². The molecular weight excluding hydrogens is 318 g/mol. The fourth-order valence-electron chi connectivity index (χ4n) is 1.58. The first-order valence-corrected chi connectivity index (χ1v) is 7.56. The number of pyridine rings is 1. The number of nitrogens with one attached hydrogen (secondary N) is 1. The highest BCUT2D eigenvalue weighted by molar-refractivity contribution is 7.92. The minimum Gasteiger partial charge on any atom is -0.263 e. The van der Waals surface area contributed by atoms with Crippen molar-refractivity contribution in [2.45, 2.75) is 11.8 Å². The zero-order chi connectivity index (χ0) is 15.6. The molecular formula is C12H10ClN3O4S. The molecule has 110 valence electrons. The number of hydrogen-bond donors (Lipinski definition) is 1. The Morgan fingerprint density at radius 3 is 2.67 bits per heavy atom. The van der Waals surface area contributed by atoms with Gasteiger partial charge in [-0.05, 0) is 30.7 Å². The van der Waals surface area contributed by atoms with E-state index in [0.717, 1.165) is 6.07 Å². The van der Waals surface area contributed by atoms with Gasteiger partial charge in [-0.3, -0.25) is 14.8 Å². The molecule has 0 aliphatic rings. The summed E-state index contributed by atoms with van der Waals surface area (Å²) in [5, 5.41) is 10.7. The van der Waals surface area contributed by atoms with Crippen molar-refractivity contribution < 1.29 is 13.3 Å². The Kier molecular flexibility index (Phi) is 4.10. The molecule has 7 nitrogen and oxygen atoms in total. The fraction of sp³-hybridized carbons (Fsp3) is 0.0833. The molecule has 0 aliphatic heterocycles. The van der Waals surface area contributed by atoms with Crippen molar-refractivity contribution in [2.24, 2.45) is 0 Å². The van der Waals surface area contributed by atoms with Crippen LogP contribution in [-0.2, 0) is 10.0 Å². The maximum Gasteiger partial charge on any atom is 0.289 e. The van der Waals surface area contributed by atoms with Gasteiger partial charge in [0.25, 0.3) is 15.7 Å². The fourth-order valence-corrected chi connectivity index (χ4v) is 2.86. The van der Waals surface area contributed by atoms with E-state index in [0.29, 0.717) is 5.56 Å². The molecule has 0 aliphatic carbocycles. The summed E-state index contributed by atoms with van der Waals surface area (Å²) in [6.45, 7) is 1.69. The van der Waals surface area contributed by atoms with Crippen molar-refractivity contribution >= 4 is 33.1 Å². The summed E-state index contributed by atoms with van der Waals surface area (Å²) in [4.78, 5) is 13.7. The molecule has 1 N–H and O–H groups in total. The van der Waals surface area contributed by atoms with E-state index in [-0.39, 0.29) is 15.7 Å². The monoisotopic (exact) mass is 327 g/mol. The number of aromatic nitrogens is 1. The highest BCUT2D eigenvalue weighted by Gasteiger charge is 2.21. The summed E-state index contributed by atoms with van der Waals surface area (Å²) in [7, 11) is -3.98. The van der Waals surface area contributed by atoms with E-state index in [9.17, 15) is 18.5 Å². The second-order valence-corrected chi connectivity index (χ2v) is 6.23. The maximum absolute atomic E-state index is 12.2. The zero-order valence-corrected chi connectivity index (χ0v) is 12.4. The Bertz CT molecular complexity index is 808. The number of nitrogens with zero attached hydrogens (tertiary/aromatic N) is 2. The Morgan fingerprint density at radius 1 is 1.33 bits per heavy atom. The average molecular weight is 328 g/mol. The number of halogens is 1. The van der Waals surface area contributed by atoms with Gasteiger partial charge in [-0.2, -0.15) is 0 Å². The van der Waals surface area contributed by atoms with Crippen molar-refractivity contribution in [2.75, 3.05) is 4.72 Å². The van der Waals surface area contributed by atoms with Gasteiger partial charge in [0, 0.05) is 12.3 Å². The number of sulfonamides is 1. The second-order valence-electron chi connectivity index (χ2n) is 4.14. The lowest BCUT2D eigenvalue weighted by Crippen LogP contribution is -2.15. The van der Waals surface area contributed by atoms with Gasteiger partial charge >= 0.3 is 0 Å². The van der Waals surface area contributed by atoms with Gasteiger partial charge in [-0.15, -0.1) is 0 Å². The SMILES string of the molecule is Cc1cccnc1NS(=O)(=O)c1ccc(Cl)c([N+](=O)[O-])c1. The van der Waals surface area contributed by atoms with Gasteiger partial charge in [0.2, 0.25) is 0 Å². The Labute approximate surface area is 125 Å². The van der Waals surface area contributed by atoms with Gasteiger partial charge in [0.15, 0.2) is 0 Å². The summed E-state index contributed by atoms with van der Waals surface area (Å²) in [6.07, 6.45) is 1.44. The van der Waals surface area contributed by atoms with Crippen molar-refractivity contribution in [3.63, 3.8) is 0 Å². The topological polar surface area (TPSA) is 102 Å². The summed E-state index contributed by atoms with van der Waals surface area (Å²) in [5.41, 5.74) is 0.154. The number of nitro benzene ring substituents is 1. The number of benzene rings is 1. The zero-order valence-electron chi connectivity index (χ0n) is 10.8. The Morgan fingerprint density at radius 2 is 2.05 bits per heavy atom. The first kappa shape index (κ1) is 15.2. The molecule has 0 spiro atoms. The van der Waals surface area contributed by atoms with E-state index in [2.05, 4.69) is 9.71 Å². The standard InChI is InChI=1S/C12H10ClN3O4S/c1-8-3-2-6-14-12(8)15-21(19,20)9-4-5-10(13)11(7-9)16(17)18/h2-7H,1H3,(H,14,15). The largest absolute Gasteiger partial charge is 0.289 e. The molecule has 0 saturated carbocycles. The third-order valence-corrected chi connectivity index (χ3v) is 4.32. The van der Waals surface area contributed by atoms with Gasteiger partial charge in [0.1, 0.15) is 10.8 Å².